The summed E-state index contributed by atoms with van der Waals surface area (Å²) < 4.78 is 5.27. The van der Waals surface area contributed by atoms with Gasteiger partial charge in [0.2, 0.25) is 5.91 Å². The van der Waals surface area contributed by atoms with Crippen molar-refractivity contribution in [3.05, 3.63) is 65.7 Å². The predicted molar refractivity (Wildman–Crippen MR) is 145 cm³/mol. The molecule has 3 aliphatic heterocycles. The number of nitrogens with one attached hydrogen (secondary N) is 1. The first-order valence-electron chi connectivity index (χ1n) is 13.8. The molecule has 3 heterocycles. The Hall–Kier alpha value is -2.70. The molecule has 0 aliphatic carbocycles. The molecule has 0 saturated carbocycles. The minimum atomic E-state index is -0.0786. The molecule has 0 radical (unpaired) electrons. The van der Waals surface area contributed by atoms with E-state index in [1.165, 1.54) is 5.56 Å². The van der Waals surface area contributed by atoms with Crippen molar-refractivity contribution in [3.8, 4) is 5.75 Å². The van der Waals surface area contributed by atoms with Crippen molar-refractivity contribution in [2.24, 2.45) is 17.3 Å². The van der Waals surface area contributed by atoms with Gasteiger partial charge in [-0.3, -0.25) is 14.5 Å². The average molecular weight is 504 g/mol. The molecular weight excluding hydrogens is 462 g/mol. The van der Waals surface area contributed by atoms with Crippen molar-refractivity contribution in [3.63, 3.8) is 0 Å². The fourth-order valence-electron chi connectivity index (χ4n) is 6.79. The molecule has 3 fully saturated rings. The molecule has 198 valence electrons. The summed E-state index contributed by atoms with van der Waals surface area (Å²) in [4.78, 5) is 31.1. The van der Waals surface area contributed by atoms with Crippen LogP contribution in [0.25, 0.3) is 0 Å². The van der Waals surface area contributed by atoms with Crippen LogP contribution in [0.3, 0.4) is 0 Å². The van der Waals surface area contributed by atoms with Crippen LogP contribution in [0, 0.1) is 17.3 Å². The van der Waals surface area contributed by atoms with E-state index >= 15 is 0 Å². The topological polar surface area (TPSA) is 61.9 Å². The van der Waals surface area contributed by atoms with Gasteiger partial charge in [0.15, 0.2) is 5.78 Å². The van der Waals surface area contributed by atoms with E-state index < -0.39 is 0 Å². The van der Waals surface area contributed by atoms with Crippen LogP contribution in [0.5, 0.6) is 5.75 Å². The normalized spacial score (nSPS) is 24.6. The minimum Gasteiger partial charge on any atom is -0.497 e. The number of likely N-dealkylation sites (tertiary alicyclic amines) is 2. The SMILES string of the molecule is COc1ccc(CN2CC3(CCN(C(C(=O)C(C)C)[C@@H]4CNC[C@@H]4c4ccccc4)CC3)CC2=O)cc1. The summed E-state index contributed by atoms with van der Waals surface area (Å²) in [5.74, 6) is 2.06. The molecule has 2 aromatic carbocycles. The van der Waals surface area contributed by atoms with Crippen LogP contribution in [0.2, 0.25) is 0 Å². The second kappa shape index (κ2) is 11.0. The van der Waals surface area contributed by atoms with E-state index in [1.54, 1.807) is 7.11 Å². The van der Waals surface area contributed by atoms with Crippen LogP contribution >= 0.6 is 0 Å². The lowest BCUT2D eigenvalue weighted by Crippen LogP contribution is -2.54. The van der Waals surface area contributed by atoms with E-state index in [4.69, 9.17) is 4.74 Å². The number of nitrogens with zero attached hydrogens (tertiary/aromatic N) is 2. The second-order valence-electron chi connectivity index (χ2n) is 11.7. The first-order valence-corrected chi connectivity index (χ1v) is 13.8. The highest BCUT2D eigenvalue weighted by Gasteiger charge is 2.48. The Bertz CT molecular complexity index is 1080. The maximum Gasteiger partial charge on any atom is 0.223 e. The van der Waals surface area contributed by atoms with Crippen LogP contribution in [0.1, 0.15) is 50.2 Å². The summed E-state index contributed by atoms with van der Waals surface area (Å²) in [5.41, 5.74) is 2.48. The minimum absolute atomic E-state index is 0.00552. The lowest BCUT2D eigenvalue weighted by molar-refractivity contribution is -0.131. The Morgan fingerprint density at radius 1 is 1.05 bits per heavy atom. The summed E-state index contributed by atoms with van der Waals surface area (Å²) in [6, 6.07) is 18.6. The zero-order valence-corrected chi connectivity index (χ0v) is 22.5. The van der Waals surface area contributed by atoms with Gasteiger partial charge in [-0.05, 0) is 54.6 Å². The van der Waals surface area contributed by atoms with E-state index in [9.17, 15) is 9.59 Å². The Labute approximate surface area is 221 Å². The van der Waals surface area contributed by atoms with E-state index in [0.717, 1.165) is 56.9 Å². The summed E-state index contributed by atoms with van der Waals surface area (Å²) in [7, 11) is 1.67. The third kappa shape index (κ3) is 5.46. The van der Waals surface area contributed by atoms with Gasteiger partial charge in [0.05, 0.1) is 13.2 Å². The smallest absolute Gasteiger partial charge is 0.223 e. The highest BCUT2D eigenvalue weighted by molar-refractivity contribution is 5.86. The van der Waals surface area contributed by atoms with Gasteiger partial charge in [-0.15, -0.1) is 0 Å². The van der Waals surface area contributed by atoms with Crippen LogP contribution in [0.15, 0.2) is 54.6 Å². The van der Waals surface area contributed by atoms with E-state index in [2.05, 4.69) is 40.5 Å². The van der Waals surface area contributed by atoms with E-state index in [0.29, 0.717) is 24.7 Å². The third-order valence-electron chi connectivity index (χ3n) is 8.94. The molecule has 3 atom stereocenters. The number of carbonyl (C=O) groups excluding carboxylic acids is 2. The molecular formula is C31H41N3O3. The maximum absolute atomic E-state index is 13.6. The van der Waals surface area contributed by atoms with Crippen LogP contribution in [-0.4, -0.2) is 67.4 Å². The molecule has 1 amide bonds. The Balaban J connectivity index is 1.27. The van der Waals surface area contributed by atoms with Crippen LogP contribution < -0.4 is 10.1 Å². The first kappa shape index (κ1) is 25.9. The number of amides is 1. The first-order chi connectivity index (χ1) is 17.9. The van der Waals surface area contributed by atoms with Crippen molar-refractivity contribution in [2.45, 2.75) is 51.6 Å². The largest absolute Gasteiger partial charge is 0.497 e. The van der Waals surface area contributed by atoms with Gasteiger partial charge < -0.3 is 15.0 Å². The number of carbonyl (C=O) groups is 2. The maximum atomic E-state index is 13.6. The molecule has 3 aliphatic rings. The molecule has 0 bridgehead atoms. The number of hydrogen-bond acceptors (Lipinski definition) is 5. The number of piperidine rings is 1. The lowest BCUT2D eigenvalue weighted by atomic mass is 9.74. The highest BCUT2D eigenvalue weighted by Crippen LogP contribution is 2.43. The van der Waals surface area contributed by atoms with Gasteiger partial charge in [0.25, 0.3) is 0 Å². The monoisotopic (exact) mass is 503 g/mol. The number of ketones is 1. The summed E-state index contributed by atoms with van der Waals surface area (Å²) in [6.07, 6.45) is 2.56. The van der Waals surface area contributed by atoms with Gasteiger partial charge in [0, 0.05) is 50.4 Å². The average Bonchev–Trinajstić information content (AvgIpc) is 3.51. The van der Waals surface area contributed by atoms with Crippen molar-refractivity contribution in [1.29, 1.82) is 0 Å². The number of ether oxygens (including phenoxy) is 1. The Morgan fingerprint density at radius 2 is 1.76 bits per heavy atom. The molecule has 1 N–H and O–H groups in total. The quantitative estimate of drug-likeness (QED) is 0.588. The van der Waals surface area contributed by atoms with Gasteiger partial charge in [-0.25, -0.2) is 0 Å². The van der Waals surface area contributed by atoms with Gasteiger partial charge in [-0.1, -0.05) is 56.3 Å². The Kier molecular flexibility index (Phi) is 7.68. The molecule has 2 aromatic rings. The zero-order valence-electron chi connectivity index (χ0n) is 22.5. The second-order valence-corrected chi connectivity index (χ2v) is 11.7. The highest BCUT2D eigenvalue weighted by atomic mass is 16.5. The fraction of sp³-hybridized carbons (Fsp3) is 0.548. The molecule has 37 heavy (non-hydrogen) atoms. The van der Waals surface area contributed by atoms with Crippen molar-refractivity contribution >= 4 is 11.7 Å². The molecule has 6 heteroatoms. The molecule has 0 aromatic heterocycles. The zero-order chi connectivity index (χ0) is 26.0. The molecule has 1 spiro atoms. The molecule has 1 unspecified atom stereocenters. The summed E-state index contributed by atoms with van der Waals surface area (Å²) >= 11 is 0. The van der Waals surface area contributed by atoms with Crippen LogP contribution in [-0.2, 0) is 16.1 Å². The summed E-state index contributed by atoms with van der Waals surface area (Å²) in [5, 5.41) is 3.59. The number of hydrogen-bond donors (Lipinski definition) is 1. The fourth-order valence-corrected chi connectivity index (χ4v) is 6.79. The number of benzene rings is 2. The standard InChI is InChI=1S/C31H41N3O3/c1-22(2)30(36)29(27-19-32-18-26(27)24-7-5-4-6-8-24)33-15-13-31(14-16-33)17-28(35)34(21-31)20-23-9-11-25(37-3)12-10-23/h4-12,22,26-27,29,32H,13-21H2,1-3H3/t26-,27-,29?/m1/s1. The van der Waals surface area contributed by atoms with Crippen molar-refractivity contribution < 1.29 is 14.3 Å². The number of methoxy groups -OCH3 is 1. The summed E-state index contributed by atoms with van der Waals surface area (Å²) in [6.45, 7) is 9.08. The Morgan fingerprint density at radius 3 is 2.41 bits per heavy atom. The van der Waals surface area contributed by atoms with Gasteiger partial charge in [-0.2, -0.15) is 0 Å². The number of Topliss-reactive ketones (excluding diaryl/α,β-unsaturated/α-hetero) is 1. The van der Waals surface area contributed by atoms with E-state index in [-0.39, 0.29) is 29.2 Å². The van der Waals surface area contributed by atoms with Crippen molar-refractivity contribution in [1.82, 2.24) is 15.1 Å². The molecule has 3 saturated heterocycles. The third-order valence-corrected chi connectivity index (χ3v) is 8.94. The molecule has 5 rings (SSSR count). The van der Waals surface area contributed by atoms with E-state index in [1.807, 2.05) is 43.0 Å². The predicted octanol–water partition coefficient (Wildman–Crippen LogP) is 4.11. The lowest BCUT2D eigenvalue weighted by Gasteiger charge is -2.44. The van der Waals surface area contributed by atoms with Gasteiger partial charge >= 0.3 is 0 Å². The van der Waals surface area contributed by atoms with Crippen molar-refractivity contribution in [2.75, 3.05) is 39.8 Å². The van der Waals surface area contributed by atoms with Gasteiger partial charge in [0.1, 0.15) is 5.75 Å². The number of rotatable bonds is 8. The van der Waals surface area contributed by atoms with Crippen LogP contribution in [0.4, 0.5) is 0 Å². The molecule has 6 nitrogen and oxygen atoms in total.